The lowest BCUT2D eigenvalue weighted by molar-refractivity contribution is 0.102. The molecule has 25 heavy (non-hydrogen) atoms. The van der Waals surface area contributed by atoms with Crippen LogP contribution in [0.4, 0.5) is 5.69 Å². The van der Waals surface area contributed by atoms with Gasteiger partial charge in [-0.2, -0.15) is 0 Å². The Morgan fingerprint density at radius 2 is 1.76 bits per heavy atom. The first kappa shape index (κ1) is 18.0. The molecular formula is C18H14BrN3OS2. The van der Waals surface area contributed by atoms with Crippen molar-refractivity contribution < 1.29 is 4.79 Å². The third-order valence-electron chi connectivity index (χ3n) is 3.25. The molecule has 1 N–H and O–H groups in total. The number of carbonyl (C=O) groups is 1. The van der Waals surface area contributed by atoms with Crippen molar-refractivity contribution in [2.24, 2.45) is 0 Å². The zero-order chi connectivity index (χ0) is 17.6. The standard InChI is InChI=1S/C18H14BrN3OS2/c1-24-16-9-7-13(11-21-16)22-18(23)14-4-2-3-5-15(14)25-17-8-6-12(19)10-20-17/h2-11H,1H3,(H,22,23). The zero-order valence-corrected chi connectivity index (χ0v) is 16.5. The summed E-state index contributed by atoms with van der Waals surface area (Å²) in [6, 6.07) is 15.1. The average Bonchev–Trinajstić information content (AvgIpc) is 2.64. The molecule has 0 fully saturated rings. The number of anilines is 1. The van der Waals surface area contributed by atoms with Crippen molar-refractivity contribution in [2.45, 2.75) is 14.9 Å². The largest absolute Gasteiger partial charge is 0.321 e. The molecule has 0 saturated heterocycles. The maximum Gasteiger partial charge on any atom is 0.256 e. The summed E-state index contributed by atoms with van der Waals surface area (Å²) in [4.78, 5) is 22.1. The first-order valence-electron chi connectivity index (χ1n) is 7.35. The van der Waals surface area contributed by atoms with E-state index in [9.17, 15) is 4.79 Å². The first-order chi connectivity index (χ1) is 12.2. The first-order valence-corrected chi connectivity index (χ1v) is 10.2. The summed E-state index contributed by atoms with van der Waals surface area (Å²) in [5.74, 6) is -0.168. The van der Waals surface area contributed by atoms with Crippen LogP contribution in [0.3, 0.4) is 0 Å². The van der Waals surface area contributed by atoms with Crippen molar-refractivity contribution in [3.05, 3.63) is 71.0 Å². The van der Waals surface area contributed by atoms with Gasteiger partial charge in [-0.3, -0.25) is 4.79 Å². The summed E-state index contributed by atoms with van der Waals surface area (Å²) in [6.45, 7) is 0. The summed E-state index contributed by atoms with van der Waals surface area (Å²) >= 11 is 6.39. The van der Waals surface area contributed by atoms with Crippen LogP contribution in [0.5, 0.6) is 0 Å². The minimum Gasteiger partial charge on any atom is -0.321 e. The van der Waals surface area contributed by atoms with Crippen molar-refractivity contribution in [1.29, 1.82) is 0 Å². The van der Waals surface area contributed by atoms with Crippen LogP contribution in [-0.4, -0.2) is 22.1 Å². The van der Waals surface area contributed by atoms with Crippen molar-refractivity contribution in [1.82, 2.24) is 9.97 Å². The van der Waals surface area contributed by atoms with E-state index in [-0.39, 0.29) is 5.91 Å². The Labute approximate surface area is 163 Å². The van der Waals surface area contributed by atoms with Crippen LogP contribution in [-0.2, 0) is 0 Å². The number of amides is 1. The Hall–Kier alpha value is -1.83. The minimum absolute atomic E-state index is 0.168. The van der Waals surface area contributed by atoms with Gasteiger partial charge in [0.2, 0.25) is 0 Å². The fourth-order valence-electron chi connectivity index (χ4n) is 2.05. The third-order valence-corrected chi connectivity index (χ3v) is 5.41. The van der Waals surface area contributed by atoms with Crippen LogP contribution in [0.15, 0.2) is 80.3 Å². The van der Waals surface area contributed by atoms with Gasteiger partial charge < -0.3 is 5.32 Å². The molecule has 1 amide bonds. The normalized spacial score (nSPS) is 10.5. The van der Waals surface area contributed by atoms with E-state index >= 15 is 0 Å². The zero-order valence-electron chi connectivity index (χ0n) is 13.3. The lowest BCUT2D eigenvalue weighted by atomic mass is 10.2. The molecule has 3 rings (SSSR count). The molecule has 2 aromatic heterocycles. The molecule has 0 radical (unpaired) electrons. The lowest BCUT2D eigenvalue weighted by Gasteiger charge is -2.10. The number of benzene rings is 1. The number of hydrogen-bond donors (Lipinski definition) is 1. The van der Waals surface area contributed by atoms with E-state index in [1.54, 1.807) is 30.2 Å². The van der Waals surface area contributed by atoms with E-state index in [0.717, 1.165) is 19.4 Å². The van der Waals surface area contributed by atoms with E-state index < -0.39 is 0 Å². The molecule has 0 bridgehead atoms. The SMILES string of the molecule is CSc1ccc(NC(=O)c2ccccc2Sc2ccc(Br)cn2)cn1. The maximum absolute atomic E-state index is 12.6. The summed E-state index contributed by atoms with van der Waals surface area (Å²) in [5.41, 5.74) is 1.27. The van der Waals surface area contributed by atoms with Gasteiger partial charge in [0.15, 0.2) is 0 Å². The Kier molecular flexibility index (Phi) is 6.12. The Morgan fingerprint density at radius 3 is 2.44 bits per heavy atom. The Balaban J connectivity index is 1.79. The number of thioether (sulfide) groups is 1. The third kappa shape index (κ3) is 4.84. The van der Waals surface area contributed by atoms with E-state index in [1.807, 2.05) is 48.7 Å². The summed E-state index contributed by atoms with van der Waals surface area (Å²) in [5, 5.41) is 4.63. The van der Waals surface area contributed by atoms with Gasteiger partial charge in [-0.05, 0) is 58.6 Å². The molecule has 3 aromatic rings. The van der Waals surface area contributed by atoms with Gasteiger partial charge in [-0.25, -0.2) is 9.97 Å². The molecule has 4 nitrogen and oxygen atoms in total. The quantitative estimate of drug-likeness (QED) is 0.550. The van der Waals surface area contributed by atoms with Gasteiger partial charge >= 0.3 is 0 Å². The van der Waals surface area contributed by atoms with E-state index in [4.69, 9.17) is 0 Å². The van der Waals surface area contributed by atoms with Crippen LogP contribution in [0.1, 0.15) is 10.4 Å². The Bertz CT molecular complexity index is 870. The molecule has 0 saturated carbocycles. The number of hydrogen-bond acceptors (Lipinski definition) is 5. The number of halogens is 1. The van der Waals surface area contributed by atoms with Crippen molar-refractivity contribution in [3.63, 3.8) is 0 Å². The summed E-state index contributed by atoms with van der Waals surface area (Å²) in [7, 11) is 0. The van der Waals surface area contributed by atoms with Crippen LogP contribution < -0.4 is 5.32 Å². The summed E-state index contributed by atoms with van der Waals surface area (Å²) < 4.78 is 0.920. The molecule has 0 aliphatic carbocycles. The fourth-order valence-corrected chi connectivity index (χ4v) is 3.53. The maximum atomic E-state index is 12.6. The van der Waals surface area contributed by atoms with E-state index in [0.29, 0.717) is 11.3 Å². The molecule has 0 spiro atoms. The second kappa shape index (κ2) is 8.51. The number of rotatable bonds is 5. The highest BCUT2D eigenvalue weighted by molar-refractivity contribution is 9.10. The highest BCUT2D eigenvalue weighted by Gasteiger charge is 2.13. The molecule has 126 valence electrons. The fraction of sp³-hybridized carbons (Fsp3) is 0.0556. The van der Waals surface area contributed by atoms with Gasteiger partial charge in [0.1, 0.15) is 5.03 Å². The Morgan fingerprint density at radius 1 is 1.00 bits per heavy atom. The van der Waals surface area contributed by atoms with E-state index in [1.165, 1.54) is 11.8 Å². The monoisotopic (exact) mass is 431 g/mol. The van der Waals surface area contributed by atoms with Crippen LogP contribution in [0, 0.1) is 0 Å². The van der Waals surface area contributed by atoms with Gasteiger partial charge in [-0.1, -0.05) is 23.9 Å². The number of nitrogens with zero attached hydrogens (tertiary/aromatic N) is 2. The van der Waals surface area contributed by atoms with Crippen LogP contribution in [0.2, 0.25) is 0 Å². The van der Waals surface area contributed by atoms with Gasteiger partial charge in [0.05, 0.1) is 22.5 Å². The van der Waals surface area contributed by atoms with Crippen molar-refractivity contribution in [2.75, 3.05) is 11.6 Å². The number of carbonyl (C=O) groups excluding carboxylic acids is 1. The van der Waals surface area contributed by atoms with Crippen LogP contribution in [0.25, 0.3) is 0 Å². The predicted molar refractivity (Wildman–Crippen MR) is 106 cm³/mol. The second-order valence-electron chi connectivity index (χ2n) is 4.96. The van der Waals surface area contributed by atoms with Gasteiger partial charge in [-0.15, -0.1) is 11.8 Å². The molecular weight excluding hydrogens is 418 g/mol. The van der Waals surface area contributed by atoms with Gasteiger partial charge in [0.25, 0.3) is 5.91 Å². The summed E-state index contributed by atoms with van der Waals surface area (Å²) in [6.07, 6.45) is 5.37. The topological polar surface area (TPSA) is 54.9 Å². The minimum atomic E-state index is -0.168. The smallest absolute Gasteiger partial charge is 0.256 e. The molecule has 7 heteroatoms. The van der Waals surface area contributed by atoms with Crippen molar-refractivity contribution in [3.8, 4) is 0 Å². The van der Waals surface area contributed by atoms with E-state index in [2.05, 4.69) is 31.2 Å². The highest BCUT2D eigenvalue weighted by atomic mass is 79.9. The highest BCUT2D eigenvalue weighted by Crippen LogP contribution is 2.30. The molecule has 2 heterocycles. The number of nitrogens with one attached hydrogen (secondary N) is 1. The van der Waals surface area contributed by atoms with Gasteiger partial charge in [0, 0.05) is 15.6 Å². The molecule has 1 aromatic carbocycles. The molecule has 0 aliphatic heterocycles. The number of aromatic nitrogens is 2. The molecule has 0 unspecified atom stereocenters. The van der Waals surface area contributed by atoms with Crippen LogP contribution >= 0.6 is 39.5 Å². The second-order valence-corrected chi connectivity index (χ2v) is 7.76. The molecule has 0 atom stereocenters. The lowest BCUT2D eigenvalue weighted by Crippen LogP contribution is -2.13. The average molecular weight is 432 g/mol. The number of pyridine rings is 2. The predicted octanol–water partition coefficient (Wildman–Crippen LogP) is 5.36. The van der Waals surface area contributed by atoms with Crippen molar-refractivity contribution >= 4 is 51.0 Å². The molecule has 0 aliphatic rings.